The number of hydrogen-bond acceptors (Lipinski definition) is 7. The smallest absolute Gasteiger partial charge is 0.243 e. The van der Waals surface area contributed by atoms with Crippen LogP contribution in [0.1, 0.15) is 0 Å². The second kappa shape index (κ2) is 9.82. The van der Waals surface area contributed by atoms with Gasteiger partial charge in [-0.2, -0.15) is 0 Å². The van der Waals surface area contributed by atoms with E-state index >= 15 is 0 Å². The van der Waals surface area contributed by atoms with Gasteiger partial charge < -0.3 is 25.4 Å². The molecule has 172 valence electrons. The van der Waals surface area contributed by atoms with Gasteiger partial charge in [-0.05, 0) is 18.2 Å². The molecular weight excluding hydrogens is 465 g/mol. The lowest BCUT2D eigenvalue weighted by Crippen LogP contribution is -2.45. The molecule has 3 aromatic rings. The van der Waals surface area contributed by atoms with Crippen molar-refractivity contribution >= 4 is 45.7 Å². The van der Waals surface area contributed by atoms with Crippen molar-refractivity contribution in [3.63, 3.8) is 0 Å². The quantitative estimate of drug-likeness (QED) is 0.437. The number of methoxy groups -OCH3 is 2. The first-order valence-electron chi connectivity index (χ1n) is 10.2. The van der Waals surface area contributed by atoms with Gasteiger partial charge in [0.05, 0.1) is 42.0 Å². The third kappa shape index (κ3) is 4.68. The van der Waals surface area contributed by atoms with Crippen molar-refractivity contribution in [3.8, 4) is 22.8 Å². The molecule has 3 heterocycles. The zero-order valence-electron chi connectivity index (χ0n) is 18.1. The molecule has 1 aliphatic rings. The molecule has 0 spiro atoms. The van der Waals surface area contributed by atoms with Gasteiger partial charge in [0.15, 0.2) is 0 Å². The average Bonchev–Trinajstić information content (AvgIpc) is 3.25. The molecule has 1 amide bonds. The molecule has 33 heavy (non-hydrogen) atoms. The molecular formula is C23H23Cl2N5O3. The normalized spacial score (nSPS) is 17.6. The summed E-state index contributed by atoms with van der Waals surface area (Å²) in [4.78, 5) is 20.8. The number of carbonyl (C=O) groups is 1. The zero-order valence-corrected chi connectivity index (χ0v) is 19.6. The first-order chi connectivity index (χ1) is 15.9. The van der Waals surface area contributed by atoms with Gasteiger partial charge in [-0.1, -0.05) is 29.8 Å². The minimum atomic E-state index is -0.204. The van der Waals surface area contributed by atoms with E-state index in [0.29, 0.717) is 51.7 Å². The van der Waals surface area contributed by atoms with Gasteiger partial charge in [0.25, 0.3) is 0 Å². The number of halogens is 2. The largest absolute Gasteiger partial charge is 0.495 e. The van der Waals surface area contributed by atoms with Crippen molar-refractivity contribution in [1.82, 2.24) is 20.6 Å². The second-order valence-electron chi connectivity index (χ2n) is 7.50. The predicted molar refractivity (Wildman–Crippen MR) is 131 cm³/mol. The number of anilines is 1. The number of nitrogens with zero attached hydrogens (tertiary/aromatic N) is 2. The van der Waals surface area contributed by atoms with Crippen LogP contribution in [0.2, 0.25) is 10.0 Å². The fourth-order valence-electron chi connectivity index (χ4n) is 3.78. The first-order valence-corrected chi connectivity index (χ1v) is 11.0. The van der Waals surface area contributed by atoms with Gasteiger partial charge in [0.2, 0.25) is 5.91 Å². The summed E-state index contributed by atoms with van der Waals surface area (Å²) in [6.07, 6.45) is 4.76. The van der Waals surface area contributed by atoms with E-state index in [1.807, 2.05) is 12.1 Å². The molecule has 0 radical (unpaired) electrons. The van der Waals surface area contributed by atoms with E-state index in [0.717, 1.165) is 10.8 Å². The summed E-state index contributed by atoms with van der Waals surface area (Å²) in [6, 6.07) is 5.33. The summed E-state index contributed by atoms with van der Waals surface area (Å²) in [5.74, 6) is 1.36. The van der Waals surface area contributed by atoms with Crippen LogP contribution in [0, 0.1) is 0 Å². The molecule has 1 aromatic carbocycles. The van der Waals surface area contributed by atoms with E-state index in [4.69, 9.17) is 32.7 Å². The lowest BCUT2D eigenvalue weighted by atomic mass is 10.1. The molecule has 1 aliphatic heterocycles. The number of benzene rings is 1. The summed E-state index contributed by atoms with van der Waals surface area (Å²) < 4.78 is 10.7. The van der Waals surface area contributed by atoms with Crippen LogP contribution in [0.4, 0.5) is 5.82 Å². The second-order valence-corrected chi connectivity index (χ2v) is 8.25. The summed E-state index contributed by atoms with van der Waals surface area (Å²) >= 11 is 13.1. The predicted octanol–water partition coefficient (Wildman–Crippen LogP) is 3.68. The zero-order chi connectivity index (χ0) is 23.5. The number of fused-ring (bicyclic) bond motifs is 1. The van der Waals surface area contributed by atoms with E-state index < -0.39 is 0 Å². The van der Waals surface area contributed by atoms with Crippen LogP contribution in [-0.4, -0.2) is 55.3 Å². The first kappa shape index (κ1) is 23.1. The number of hydrogen-bond donors (Lipinski definition) is 3. The van der Waals surface area contributed by atoms with Gasteiger partial charge in [-0.3, -0.25) is 9.78 Å². The van der Waals surface area contributed by atoms with Crippen molar-refractivity contribution < 1.29 is 14.3 Å². The Balaban J connectivity index is 1.63. The Morgan fingerprint density at radius 1 is 1.06 bits per heavy atom. The van der Waals surface area contributed by atoms with Crippen molar-refractivity contribution in [2.24, 2.45) is 0 Å². The number of rotatable bonds is 7. The van der Waals surface area contributed by atoms with Gasteiger partial charge in [-0.15, -0.1) is 0 Å². The molecule has 3 N–H and O–H groups in total. The third-order valence-corrected chi connectivity index (χ3v) is 6.24. The molecule has 10 heteroatoms. The fourth-order valence-corrected chi connectivity index (χ4v) is 4.47. The molecule has 1 saturated heterocycles. The van der Waals surface area contributed by atoms with E-state index in [9.17, 15) is 4.79 Å². The maximum absolute atomic E-state index is 11.7. The van der Waals surface area contributed by atoms with Crippen LogP contribution in [0.3, 0.4) is 0 Å². The molecule has 2 atom stereocenters. The summed E-state index contributed by atoms with van der Waals surface area (Å²) in [5.41, 5.74) is 1.10. The van der Waals surface area contributed by atoms with Crippen LogP contribution in [0.15, 0.2) is 43.2 Å². The standard InChI is InChI=1S/C23H23Cl2N5O3/c1-4-20(31)30-16-11-26-10-15(16)29-19-6-13-8-27-14(5-12(13)9-28-19)21-22(24)17(32-2)7-18(33-3)23(21)25/h4-9,15-16,26H,1,10-11H2,2-3H3,(H,28,29)(H,30,31). The van der Waals surface area contributed by atoms with Crippen LogP contribution in [-0.2, 0) is 4.79 Å². The van der Waals surface area contributed by atoms with Crippen molar-refractivity contribution in [2.75, 3.05) is 32.6 Å². The number of pyridine rings is 2. The lowest BCUT2D eigenvalue weighted by Gasteiger charge is -2.21. The van der Waals surface area contributed by atoms with Crippen LogP contribution < -0.4 is 25.4 Å². The Kier molecular flexibility index (Phi) is 6.88. The Morgan fingerprint density at radius 2 is 1.70 bits per heavy atom. The Bertz CT molecular complexity index is 1190. The summed E-state index contributed by atoms with van der Waals surface area (Å²) in [6.45, 7) is 4.87. The molecule has 0 saturated carbocycles. The lowest BCUT2D eigenvalue weighted by molar-refractivity contribution is -0.117. The fraction of sp³-hybridized carbons (Fsp3) is 0.261. The van der Waals surface area contributed by atoms with Crippen LogP contribution in [0.5, 0.6) is 11.5 Å². The third-order valence-electron chi connectivity index (χ3n) is 5.49. The SMILES string of the molecule is C=CC(=O)NC1CNCC1Nc1cc2cnc(-c3c(Cl)c(OC)cc(OC)c3Cl)cc2cn1. The number of aromatic nitrogens is 2. The average molecular weight is 488 g/mol. The van der Waals surface area contributed by atoms with E-state index in [1.54, 1.807) is 18.5 Å². The van der Waals surface area contributed by atoms with Crippen molar-refractivity contribution in [2.45, 2.75) is 12.1 Å². The van der Waals surface area contributed by atoms with Crippen molar-refractivity contribution in [3.05, 3.63) is 53.3 Å². The van der Waals surface area contributed by atoms with E-state index in [-0.39, 0.29) is 18.0 Å². The monoisotopic (exact) mass is 487 g/mol. The summed E-state index contributed by atoms with van der Waals surface area (Å²) in [7, 11) is 3.05. The van der Waals surface area contributed by atoms with Gasteiger partial charge in [-0.25, -0.2) is 4.98 Å². The van der Waals surface area contributed by atoms with E-state index in [2.05, 4.69) is 32.5 Å². The maximum atomic E-state index is 11.7. The van der Waals surface area contributed by atoms with Crippen LogP contribution >= 0.6 is 23.2 Å². The summed E-state index contributed by atoms with van der Waals surface area (Å²) in [5, 5.41) is 12.0. The Labute approximate surface area is 201 Å². The van der Waals surface area contributed by atoms with E-state index in [1.165, 1.54) is 20.3 Å². The molecule has 0 bridgehead atoms. The molecule has 4 rings (SSSR count). The molecule has 1 fully saturated rings. The highest BCUT2D eigenvalue weighted by Crippen LogP contribution is 2.45. The topological polar surface area (TPSA) is 97.4 Å². The van der Waals surface area contributed by atoms with Crippen molar-refractivity contribution in [1.29, 1.82) is 0 Å². The highest BCUT2D eigenvalue weighted by atomic mass is 35.5. The highest BCUT2D eigenvalue weighted by Gasteiger charge is 2.28. The Hall–Kier alpha value is -3.07. The number of ether oxygens (including phenoxy) is 2. The number of nitrogens with one attached hydrogen (secondary N) is 3. The number of amides is 1. The molecule has 0 aliphatic carbocycles. The van der Waals surface area contributed by atoms with Gasteiger partial charge >= 0.3 is 0 Å². The van der Waals surface area contributed by atoms with Gasteiger partial charge in [0.1, 0.15) is 17.3 Å². The molecule has 8 nitrogen and oxygen atoms in total. The van der Waals surface area contributed by atoms with Gasteiger partial charge in [0, 0.05) is 47.9 Å². The minimum Gasteiger partial charge on any atom is -0.495 e. The molecule has 2 unspecified atom stereocenters. The maximum Gasteiger partial charge on any atom is 0.243 e. The Morgan fingerprint density at radius 3 is 2.36 bits per heavy atom. The van der Waals surface area contributed by atoms with Crippen LogP contribution in [0.25, 0.3) is 22.0 Å². The molecule has 2 aromatic heterocycles. The highest BCUT2D eigenvalue weighted by molar-refractivity contribution is 6.41. The number of carbonyl (C=O) groups excluding carboxylic acids is 1. The minimum absolute atomic E-state index is 0.00653.